The molecule has 1 aromatic carbocycles. The first-order valence-corrected chi connectivity index (χ1v) is 7.38. The summed E-state index contributed by atoms with van der Waals surface area (Å²) in [5.41, 5.74) is -2.32. The summed E-state index contributed by atoms with van der Waals surface area (Å²) in [6.45, 7) is 6.80. The molecular formula is C16H19BF2O5. The molecule has 0 atom stereocenters. The van der Waals surface area contributed by atoms with Gasteiger partial charge in [0.2, 0.25) is 0 Å². The molecule has 2 N–H and O–H groups in total. The summed E-state index contributed by atoms with van der Waals surface area (Å²) < 4.78 is 39.2. The van der Waals surface area contributed by atoms with Gasteiger partial charge >= 0.3 is 13.1 Å². The van der Waals surface area contributed by atoms with Crippen molar-refractivity contribution in [3.63, 3.8) is 0 Å². The Kier molecular flexibility index (Phi) is 4.85. The standard InChI is InChI=1S/C16H19BF2O5/c1-15(2)16(3,4)24-17(23-15)10(8-20)7-9-5-6-11(18)12(13(9)19)14(21)22/h5-7,20H,8H2,1-4H3,(H,21,22). The summed E-state index contributed by atoms with van der Waals surface area (Å²) in [7, 11) is -0.919. The lowest BCUT2D eigenvalue weighted by atomic mass is 9.77. The molecule has 1 aromatic rings. The number of benzene rings is 1. The van der Waals surface area contributed by atoms with E-state index in [9.17, 15) is 18.7 Å². The zero-order valence-corrected chi connectivity index (χ0v) is 13.9. The highest BCUT2D eigenvalue weighted by Crippen LogP contribution is 2.38. The first-order valence-electron chi connectivity index (χ1n) is 7.38. The number of halogens is 2. The van der Waals surface area contributed by atoms with Gasteiger partial charge in [-0.25, -0.2) is 13.6 Å². The number of hydrogen-bond acceptors (Lipinski definition) is 4. The molecule has 0 saturated carbocycles. The third kappa shape index (κ3) is 3.22. The van der Waals surface area contributed by atoms with E-state index in [2.05, 4.69) is 0 Å². The zero-order chi connectivity index (χ0) is 18.3. The predicted molar refractivity (Wildman–Crippen MR) is 84.5 cm³/mol. The van der Waals surface area contributed by atoms with Gasteiger partial charge in [-0.3, -0.25) is 0 Å². The Balaban J connectivity index is 2.43. The maximum absolute atomic E-state index is 14.2. The Hall–Kier alpha value is -1.77. The summed E-state index contributed by atoms with van der Waals surface area (Å²) in [5, 5.41) is 18.5. The fourth-order valence-electron chi connectivity index (χ4n) is 2.26. The molecule has 1 fully saturated rings. The quantitative estimate of drug-likeness (QED) is 0.825. The molecule has 2 rings (SSSR count). The Labute approximate surface area is 139 Å². The highest BCUT2D eigenvalue weighted by Gasteiger charge is 2.52. The molecular weight excluding hydrogens is 321 g/mol. The van der Waals surface area contributed by atoms with Gasteiger partial charge < -0.3 is 19.5 Å². The van der Waals surface area contributed by atoms with Crippen molar-refractivity contribution in [2.75, 3.05) is 6.61 Å². The van der Waals surface area contributed by atoms with Crippen molar-refractivity contribution in [3.8, 4) is 0 Å². The molecule has 0 unspecified atom stereocenters. The summed E-state index contributed by atoms with van der Waals surface area (Å²) in [5.74, 6) is -4.09. The molecule has 0 amide bonds. The molecule has 24 heavy (non-hydrogen) atoms. The summed E-state index contributed by atoms with van der Waals surface area (Å²) in [6, 6.07) is 1.95. The van der Waals surface area contributed by atoms with Crippen LogP contribution in [0.4, 0.5) is 8.78 Å². The first kappa shape index (κ1) is 18.6. The number of carbonyl (C=O) groups is 1. The van der Waals surface area contributed by atoms with E-state index in [4.69, 9.17) is 14.4 Å². The van der Waals surface area contributed by atoms with Gasteiger partial charge in [0.05, 0.1) is 17.8 Å². The summed E-state index contributed by atoms with van der Waals surface area (Å²) >= 11 is 0. The molecule has 130 valence electrons. The minimum Gasteiger partial charge on any atom is -0.477 e. The van der Waals surface area contributed by atoms with Crippen LogP contribution in [0, 0.1) is 11.6 Å². The molecule has 0 radical (unpaired) electrons. The molecule has 0 bridgehead atoms. The third-order valence-electron chi connectivity index (χ3n) is 4.41. The van der Waals surface area contributed by atoms with Crippen LogP contribution in [0.3, 0.4) is 0 Å². The number of carboxylic acid groups (broad SMARTS) is 1. The van der Waals surface area contributed by atoms with Crippen molar-refractivity contribution in [1.29, 1.82) is 0 Å². The van der Waals surface area contributed by atoms with Crippen LogP contribution < -0.4 is 0 Å². The molecule has 0 aromatic heterocycles. The van der Waals surface area contributed by atoms with Crippen molar-refractivity contribution in [1.82, 2.24) is 0 Å². The van der Waals surface area contributed by atoms with Crippen molar-refractivity contribution < 1.29 is 33.1 Å². The van der Waals surface area contributed by atoms with Crippen LogP contribution >= 0.6 is 0 Å². The maximum atomic E-state index is 14.2. The van der Waals surface area contributed by atoms with E-state index < -0.39 is 48.1 Å². The van der Waals surface area contributed by atoms with Gasteiger partial charge in [0.1, 0.15) is 17.2 Å². The average molecular weight is 340 g/mol. The topological polar surface area (TPSA) is 76.0 Å². The maximum Gasteiger partial charge on any atom is 0.492 e. The van der Waals surface area contributed by atoms with Crippen molar-refractivity contribution in [2.24, 2.45) is 0 Å². The Morgan fingerprint density at radius 2 is 1.75 bits per heavy atom. The van der Waals surface area contributed by atoms with Gasteiger partial charge in [0.25, 0.3) is 0 Å². The third-order valence-corrected chi connectivity index (χ3v) is 4.41. The molecule has 0 spiro atoms. The molecule has 8 heteroatoms. The highest BCUT2D eigenvalue weighted by atomic mass is 19.1. The van der Waals surface area contributed by atoms with E-state index in [1.165, 1.54) is 6.08 Å². The van der Waals surface area contributed by atoms with Gasteiger partial charge in [-0.2, -0.15) is 0 Å². The largest absolute Gasteiger partial charge is 0.492 e. The molecule has 1 heterocycles. The molecule has 1 aliphatic rings. The van der Waals surface area contributed by atoms with Crippen LogP contribution in [0.1, 0.15) is 43.6 Å². The number of aromatic carboxylic acids is 1. The van der Waals surface area contributed by atoms with Gasteiger partial charge in [-0.1, -0.05) is 6.08 Å². The molecule has 0 aliphatic carbocycles. The van der Waals surface area contributed by atoms with Gasteiger partial charge in [-0.05, 0) is 45.3 Å². The van der Waals surface area contributed by atoms with E-state index in [1.54, 1.807) is 0 Å². The minimum atomic E-state index is -1.71. The Morgan fingerprint density at radius 1 is 1.21 bits per heavy atom. The molecule has 1 saturated heterocycles. The Morgan fingerprint density at radius 3 is 2.21 bits per heavy atom. The van der Waals surface area contributed by atoms with Gasteiger partial charge in [-0.15, -0.1) is 0 Å². The molecule has 5 nitrogen and oxygen atoms in total. The second kappa shape index (κ2) is 6.27. The fraction of sp³-hybridized carbons (Fsp3) is 0.438. The van der Waals surface area contributed by atoms with Crippen LogP contribution in [0.25, 0.3) is 6.08 Å². The molecule has 1 aliphatic heterocycles. The number of hydrogen-bond donors (Lipinski definition) is 2. The lowest BCUT2D eigenvalue weighted by Crippen LogP contribution is -2.41. The number of aliphatic hydroxyl groups excluding tert-OH is 1. The van der Waals surface area contributed by atoms with Crippen molar-refractivity contribution in [3.05, 3.63) is 40.4 Å². The van der Waals surface area contributed by atoms with E-state index in [0.717, 1.165) is 12.1 Å². The van der Waals surface area contributed by atoms with Crippen LogP contribution in [0.2, 0.25) is 0 Å². The van der Waals surface area contributed by atoms with Crippen LogP contribution in [0.15, 0.2) is 17.6 Å². The monoisotopic (exact) mass is 340 g/mol. The van der Waals surface area contributed by atoms with Gasteiger partial charge in [0, 0.05) is 5.56 Å². The highest BCUT2D eigenvalue weighted by molar-refractivity contribution is 6.55. The van der Waals surface area contributed by atoms with E-state index in [1.807, 2.05) is 27.7 Å². The van der Waals surface area contributed by atoms with Crippen LogP contribution in [0.5, 0.6) is 0 Å². The summed E-state index contributed by atoms with van der Waals surface area (Å²) in [6.07, 6.45) is 1.21. The first-order chi connectivity index (χ1) is 11.0. The minimum absolute atomic E-state index is 0.174. The van der Waals surface area contributed by atoms with E-state index in [-0.39, 0.29) is 11.0 Å². The zero-order valence-electron chi connectivity index (χ0n) is 13.9. The number of aliphatic hydroxyl groups is 1. The van der Waals surface area contributed by atoms with Crippen molar-refractivity contribution >= 4 is 19.2 Å². The van der Waals surface area contributed by atoms with E-state index in [0.29, 0.717) is 0 Å². The van der Waals surface area contributed by atoms with Crippen molar-refractivity contribution in [2.45, 2.75) is 38.9 Å². The summed E-state index contributed by atoms with van der Waals surface area (Å²) in [4.78, 5) is 11.0. The fourth-order valence-corrected chi connectivity index (χ4v) is 2.26. The number of rotatable bonds is 4. The number of carboxylic acids is 1. The lowest BCUT2D eigenvalue weighted by Gasteiger charge is -2.32. The second-order valence-electron chi connectivity index (χ2n) is 6.60. The smallest absolute Gasteiger partial charge is 0.477 e. The van der Waals surface area contributed by atoms with Gasteiger partial charge in [0.15, 0.2) is 0 Å². The van der Waals surface area contributed by atoms with Crippen LogP contribution in [-0.2, 0) is 9.31 Å². The SMILES string of the molecule is CC1(C)OB(C(=Cc2ccc(F)c(C(=O)O)c2F)CO)OC1(C)C. The average Bonchev–Trinajstić information content (AvgIpc) is 2.66. The second-order valence-corrected chi connectivity index (χ2v) is 6.60. The Bertz CT molecular complexity index is 684. The lowest BCUT2D eigenvalue weighted by molar-refractivity contribution is 0.00578. The normalized spacial score (nSPS) is 19.6. The van der Waals surface area contributed by atoms with E-state index >= 15 is 0 Å². The van der Waals surface area contributed by atoms with Crippen LogP contribution in [-0.4, -0.2) is 41.1 Å². The predicted octanol–water partition coefficient (Wildman–Crippen LogP) is 2.67.